The second-order valence-corrected chi connectivity index (χ2v) is 7.51. The molecule has 4 fully saturated rings. The number of rotatable bonds is 3. The van der Waals surface area contributed by atoms with Crippen LogP contribution in [0.3, 0.4) is 0 Å². The van der Waals surface area contributed by atoms with Gasteiger partial charge in [-0.2, -0.15) is 0 Å². The summed E-state index contributed by atoms with van der Waals surface area (Å²) in [4.78, 5) is 14.1. The van der Waals surface area contributed by atoms with Crippen LogP contribution in [-0.4, -0.2) is 47.7 Å². The lowest BCUT2D eigenvalue weighted by Gasteiger charge is -2.58. The van der Waals surface area contributed by atoms with E-state index in [4.69, 9.17) is 4.74 Å². The molecule has 0 spiro atoms. The molecule has 3 unspecified atom stereocenters. The highest BCUT2D eigenvalue weighted by atomic mass is 16.5. The smallest absolute Gasteiger partial charge is 0.236 e. The molecule has 4 nitrogen and oxygen atoms in total. The van der Waals surface area contributed by atoms with Crippen LogP contribution in [0.1, 0.15) is 52.9 Å². The molecule has 114 valence electrons. The number of nitrogens with one attached hydrogen (secondary N) is 1. The average Bonchev–Trinajstić information content (AvgIpc) is 2.89. The molecule has 3 atom stereocenters. The number of ether oxygens (including phenoxy) is 1. The summed E-state index contributed by atoms with van der Waals surface area (Å²) in [6, 6.07) is 0.320. The number of carbonyl (C=O) groups excluding carboxylic acids is 1. The van der Waals surface area contributed by atoms with Crippen LogP contribution in [0.5, 0.6) is 0 Å². The average molecular weight is 280 g/mol. The Morgan fingerprint density at radius 2 is 2.00 bits per heavy atom. The van der Waals surface area contributed by atoms with E-state index in [0.29, 0.717) is 18.5 Å². The predicted molar refractivity (Wildman–Crippen MR) is 78.5 cm³/mol. The van der Waals surface area contributed by atoms with E-state index in [-0.39, 0.29) is 17.1 Å². The Morgan fingerprint density at radius 1 is 1.30 bits per heavy atom. The quantitative estimate of drug-likeness (QED) is 0.859. The van der Waals surface area contributed by atoms with Crippen LogP contribution >= 0.6 is 0 Å². The third-order valence-electron chi connectivity index (χ3n) is 5.68. The van der Waals surface area contributed by atoms with Gasteiger partial charge in [-0.1, -0.05) is 0 Å². The van der Waals surface area contributed by atoms with E-state index in [1.165, 1.54) is 6.42 Å². The summed E-state index contributed by atoms with van der Waals surface area (Å²) in [6.07, 6.45) is 5.81. The van der Waals surface area contributed by atoms with Gasteiger partial charge in [-0.05, 0) is 58.8 Å². The molecule has 1 aliphatic carbocycles. The van der Waals surface area contributed by atoms with Gasteiger partial charge in [0.05, 0.1) is 17.7 Å². The van der Waals surface area contributed by atoms with Crippen LogP contribution in [0, 0.1) is 5.92 Å². The summed E-state index contributed by atoms with van der Waals surface area (Å²) >= 11 is 0. The molecule has 1 N–H and O–H groups in total. The Morgan fingerprint density at radius 3 is 2.60 bits per heavy atom. The zero-order valence-corrected chi connectivity index (χ0v) is 13.1. The largest absolute Gasteiger partial charge is 0.368 e. The summed E-state index contributed by atoms with van der Waals surface area (Å²) in [5.41, 5.74) is -0.117. The zero-order chi connectivity index (χ0) is 14.4. The number of hydrogen-bond acceptors (Lipinski definition) is 3. The molecular formula is C16H28N2O2. The van der Waals surface area contributed by atoms with E-state index >= 15 is 0 Å². The van der Waals surface area contributed by atoms with Crippen LogP contribution in [0.4, 0.5) is 0 Å². The molecule has 0 radical (unpaired) electrons. The summed E-state index contributed by atoms with van der Waals surface area (Å²) in [6.45, 7) is 8.98. The van der Waals surface area contributed by atoms with Crippen LogP contribution in [0.25, 0.3) is 0 Å². The van der Waals surface area contributed by atoms with Gasteiger partial charge in [-0.3, -0.25) is 4.79 Å². The van der Waals surface area contributed by atoms with Crippen molar-refractivity contribution in [2.45, 2.75) is 70.1 Å². The molecule has 3 aliphatic heterocycles. The van der Waals surface area contributed by atoms with Crippen molar-refractivity contribution in [1.82, 2.24) is 10.2 Å². The van der Waals surface area contributed by atoms with Gasteiger partial charge in [0, 0.05) is 19.1 Å². The van der Waals surface area contributed by atoms with Crippen LogP contribution < -0.4 is 5.32 Å². The number of fused-ring (bicyclic) bond motifs is 3. The zero-order valence-electron chi connectivity index (χ0n) is 13.1. The fraction of sp³-hybridized carbons (Fsp3) is 0.938. The van der Waals surface area contributed by atoms with Crippen LogP contribution in [0.15, 0.2) is 0 Å². The molecule has 4 aliphatic rings. The monoisotopic (exact) mass is 280 g/mol. The van der Waals surface area contributed by atoms with Crippen molar-refractivity contribution in [2.24, 2.45) is 5.92 Å². The highest BCUT2D eigenvalue weighted by Gasteiger charge is 2.53. The standard InChI is InChI=1S/C16H28N2O2/c1-15(2)12-6-7-16(3,20-15)13(10-12)17-11-14(19)18-8-4-5-9-18/h12-13,17H,4-11H2,1-3H3. The predicted octanol–water partition coefficient (Wildman–Crippen LogP) is 1.93. The fourth-order valence-corrected chi connectivity index (χ4v) is 4.31. The first-order valence-electron chi connectivity index (χ1n) is 8.12. The maximum absolute atomic E-state index is 12.1. The SMILES string of the molecule is CC1(C)OC2(C)CCC1CC2NCC(=O)N1CCCC1. The van der Waals surface area contributed by atoms with Crippen molar-refractivity contribution in [3.05, 3.63) is 0 Å². The molecule has 0 aromatic carbocycles. The molecule has 0 aromatic rings. The van der Waals surface area contributed by atoms with E-state index in [1.54, 1.807) is 0 Å². The van der Waals surface area contributed by atoms with Crippen molar-refractivity contribution in [3.8, 4) is 0 Å². The Kier molecular flexibility index (Phi) is 3.57. The van der Waals surface area contributed by atoms with Crippen molar-refractivity contribution in [2.75, 3.05) is 19.6 Å². The minimum Gasteiger partial charge on any atom is -0.368 e. The molecule has 4 heteroatoms. The van der Waals surface area contributed by atoms with E-state index in [1.807, 2.05) is 4.90 Å². The summed E-state index contributed by atoms with van der Waals surface area (Å²) < 4.78 is 6.34. The van der Waals surface area contributed by atoms with E-state index in [9.17, 15) is 4.79 Å². The highest BCUT2D eigenvalue weighted by molar-refractivity contribution is 5.78. The Labute approximate surface area is 122 Å². The molecule has 3 heterocycles. The van der Waals surface area contributed by atoms with Gasteiger partial charge >= 0.3 is 0 Å². The van der Waals surface area contributed by atoms with E-state index in [0.717, 1.165) is 38.8 Å². The number of carbonyl (C=O) groups is 1. The number of likely N-dealkylation sites (tertiary alicyclic amines) is 1. The summed E-state index contributed by atoms with van der Waals surface area (Å²) in [7, 11) is 0. The van der Waals surface area contributed by atoms with Crippen molar-refractivity contribution >= 4 is 5.91 Å². The summed E-state index contributed by atoms with van der Waals surface area (Å²) in [5.74, 6) is 0.871. The molecular weight excluding hydrogens is 252 g/mol. The highest BCUT2D eigenvalue weighted by Crippen LogP contribution is 2.49. The molecule has 20 heavy (non-hydrogen) atoms. The Balaban J connectivity index is 1.57. The minimum absolute atomic E-state index is 0.00978. The normalized spacial score (nSPS) is 39.2. The lowest BCUT2D eigenvalue weighted by Crippen LogP contribution is -2.65. The van der Waals surface area contributed by atoms with Gasteiger partial charge in [-0.25, -0.2) is 0 Å². The molecule has 4 rings (SSSR count). The first-order chi connectivity index (χ1) is 9.41. The third kappa shape index (κ3) is 2.48. The fourth-order valence-electron chi connectivity index (χ4n) is 4.31. The Hall–Kier alpha value is -0.610. The van der Waals surface area contributed by atoms with Gasteiger partial charge in [0.2, 0.25) is 5.91 Å². The molecule has 1 saturated carbocycles. The number of nitrogens with zero attached hydrogens (tertiary/aromatic N) is 1. The molecule has 2 bridgehead atoms. The number of amides is 1. The first kappa shape index (κ1) is 14.3. The topological polar surface area (TPSA) is 41.6 Å². The minimum atomic E-state index is -0.108. The maximum atomic E-state index is 12.1. The van der Waals surface area contributed by atoms with Crippen molar-refractivity contribution in [3.63, 3.8) is 0 Å². The van der Waals surface area contributed by atoms with E-state index in [2.05, 4.69) is 26.1 Å². The van der Waals surface area contributed by atoms with Gasteiger partial charge < -0.3 is 15.0 Å². The van der Waals surface area contributed by atoms with Crippen molar-refractivity contribution < 1.29 is 9.53 Å². The summed E-state index contributed by atoms with van der Waals surface area (Å²) in [5, 5.41) is 3.49. The van der Waals surface area contributed by atoms with Gasteiger partial charge in [0.15, 0.2) is 0 Å². The first-order valence-corrected chi connectivity index (χ1v) is 8.12. The van der Waals surface area contributed by atoms with Gasteiger partial charge in [-0.15, -0.1) is 0 Å². The van der Waals surface area contributed by atoms with Crippen LogP contribution in [-0.2, 0) is 9.53 Å². The van der Waals surface area contributed by atoms with Crippen LogP contribution in [0.2, 0.25) is 0 Å². The molecule has 3 saturated heterocycles. The second kappa shape index (κ2) is 4.99. The van der Waals surface area contributed by atoms with Gasteiger partial charge in [0.25, 0.3) is 0 Å². The van der Waals surface area contributed by atoms with Crippen molar-refractivity contribution in [1.29, 1.82) is 0 Å². The van der Waals surface area contributed by atoms with E-state index < -0.39 is 0 Å². The maximum Gasteiger partial charge on any atom is 0.236 e. The third-order valence-corrected chi connectivity index (χ3v) is 5.68. The molecule has 1 amide bonds. The van der Waals surface area contributed by atoms with Gasteiger partial charge in [0.1, 0.15) is 0 Å². The molecule has 0 aromatic heterocycles. The lowest BCUT2D eigenvalue weighted by molar-refractivity contribution is -0.243. The lowest BCUT2D eigenvalue weighted by atomic mass is 9.66. The number of hydrogen-bond donors (Lipinski definition) is 1. The second-order valence-electron chi connectivity index (χ2n) is 7.51. The Bertz CT molecular complexity index is 390.